The van der Waals surface area contributed by atoms with Crippen LogP contribution in [0.5, 0.6) is 0 Å². The third-order valence-corrected chi connectivity index (χ3v) is 1.62. The zero-order valence-corrected chi connectivity index (χ0v) is 7.76. The lowest BCUT2D eigenvalue weighted by atomic mass is 9.99. The molecule has 0 aromatic rings. The second-order valence-corrected chi connectivity index (χ2v) is 2.61. The highest BCUT2D eigenvalue weighted by Gasteiger charge is 2.13. The fourth-order valence-corrected chi connectivity index (χ4v) is 1.09. The van der Waals surface area contributed by atoms with Crippen molar-refractivity contribution in [1.82, 2.24) is 0 Å². The Bertz CT molecular complexity index is 97.2. The molecule has 4 nitrogen and oxygen atoms in total. The highest BCUT2D eigenvalue weighted by Crippen LogP contribution is 2.12. The highest BCUT2D eigenvalue weighted by atomic mass is 16.4. The van der Waals surface area contributed by atoms with Gasteiger partial charge in [0.2, 0.25) is 0 Å². The molecule has 0 amide bonds. The SMILES string of the molecule is CCCC(CCC)C(=O)O.O.O. The molecule has 0 atom stereocenters. The summed E-state index contributed by atoms with van der Waals surface area (Å²) in [6.45, 7) is 4.04. The topological polar surface area (TPSA) is 100 Å². The van der Waals surface area contributed by atoms with Crippen LogP contribution in [0.1, 0.15) is 39.5 Å². The lowest BCUT2D eigenvalue weighted by molar-refractivity contribution is -0.142. The van der Waals surface area contributed by atoms with Crippen molar-refractivity contribution in [3.8, 4) is 0 Å². The van der Waals surface area contributed by atoms with E-state index in [9.17, 15) is 4.79 Å². The van der Waals surface area contributed by atoms with Gasteiger partial charge in [-0.2, -0.15) is 0 Å². The predicted molar refractivity (Wildman–Crippen MR) is 48.2 cm³/mol. The first-order valence-electron chi connectivity index (χ1n) is 3.95. The number of rotatable bonds is 5. The minimum atomic E-state index is -0.635. The Balaban J connectivity index is -0.000000405. The lowest BCUT2D eigenvalue weighted by Crippen LogP contribution is -2.12. The zero-order valence-electron chi connectivity index (χ0n) is 7.76. The molecule has 0 heterocycles. The van der Waals surface area contributed by atoms with E-state index in [-0.39, 0.29) is 16.9 Å². The van der Waals surface area contributed by atoms with E-state index < -0.39 is 5.97 Å². The molecule has 0 rings (SSSR count). The summed E-state index contributed by atoms with van der Waals surface area (Å²) in [6.07, 6.45) is 3.58. The number of carboxylic acid groups (broad SMARTS) is 1. The summed E-state index contributed by atoms with van der Waals surface area (Å²) in [7, 11) is 0. The van der Waals surface area contributed by atoms with Crippen LogP contribution >= 0.6 is 0 Å². The molecule has 0 aliphatic rings. The van der Waals surface area contributed by atoms with Crippen LogP contribution in [0.2, 0.25) is 0 Å². The molecule has 0 spiro atoms. The fourth-order valence-electron chi connectivity index (χ4n) is 1.09. The van der Waals surface area contributed by atoms with E-state index in [0.29, 0.717) is 0 Å². The van der Waals surface area contributed by atoms with Crippen molar-refractivity contribution in [3.05, 3.63) is 0 Å². The van der Waals surface area contributed by atoms with Gasteiger partial charge in [0.25, 0.3) is 0 Å². The molecule has 0 fully saturated rings. The van der Waals surface area contributed by atoms with Crippen LogP contribution in [0, 0.1) is 5.92 Å². The second-order valence-electron chi connectivity index (χ2n) is 2.61. The summed E-state index contributed by atoms with van der Waals surface area (Å²) in [4.78, 5) is 10.5. The minimum absolute atomic E-state index is 0. The van der Waals surface area contributed by atoms with Gasteiger partial charge in [-0.25, -0.2) is 0 Å². The van der Waals surface area contributed by atoms with Gasteiger partial charge < -0.3 is 16.1 Å². The van der Waals surface area contributed by atoms with Crippen molar-refractivity contribution in [2.75, 3.05) is 0 Å². The van der Waals surface area contributed by atoms with Crippen LogP contribution < -0.4 is 0 Å². The molecule has 0 saturated heterocycles. The Labute approximate surface area is 73.2 Å². The van der Waals surface area contributed by atoms with E-state index in [1.54, 1.807) is 0 Å². The zero-order chi connectivity index (χ0) is 7.98. The molecule has 0 aromatic carbocycles. The van der Waals surface area contributed by atoms with E-state index >= 15 is 0 Å². The smallest absolute Gasteiger partial charge is 0.306 e. The molecule has 0 radical (unpaired) electrons. The van der Waals surface area contributed by atoms with Gasteiger partial charge in [0, 0.05) is 0 Å². The predicted octanol–water partition coefficient (Wildman–Crippen LogP) is 0.638. The fraction of sp³-hybridized carbons (Fsp3) is 0.875. The van der Waals surface area contributed by atoms with Gasteiger partial charge >= 0.3 is 5.97 Å². The van der Waals surface area contributed by atoms with Crippen molar-refractivity contribution in [1.29, 1.82) is 0 Å². The maximum Gasteiger partial charge on any atom is 0.306 e. The molecule has 4 heteroatoms. The summed E-state index contributed by atoms with van der Waals surface area (Å²) in [6, 6.07) is 0. The van der Waals surface area contributed by atoms with E-state index in [1.807, 2.05) is 13.8 Å². The first-order valence-corrected chi connectivity index (χ1v) is 3.95. The monoisotopic (exact) mass is 180 g/mol. The molecule has 12 heavy (non-hydrogen) atoms. The molecule has 5 N–H and O–H groups in total. The summed E-state index contributed by atoms with van der Waals surface area (Å²) in [5.41, 5.74) is 0. The van der Waals surface area contributed by atoms with Crippen LogP contribution in [-0.2, 0) is 4.79 Å². The standard InChI is InChI=1S/C8H16O2.2H2O/c1-3-5-7(6-4-2)8(9)10;;/h7H,3-6H2,1-2H3,(H,9,10);2*1H2. The first kappa shape index (κ1) is 17.5. The van der Waals surface area contributed by atoms with Gasteiger partial charge in [-0.15, -0.1) is 0 Å². The third-order valence-electron chi connectivity index (χ3n) is 1.62. The second kappa shape index (κ2) is 10.4. The van der Waals surface area contributed by atoms with Gasteiger partial charge in [0.1, 0.15) is 0 Å². The number of hydrogen-bond donors (Lipinski definition) is 1. The van der Waals surface area contributed by atoms with Crippen molar-refractivity contribution in [3.63, 3.8) is 0 Å². The Kier molecular flexibility index (Phi) is 15.1. The molecular formula is C8H20O4. The highest BCUT2D eigenvalue weighted by molar-refractivity contribution is 5.69. The maximum absolute atomic E-state index is 10.5. The van der Waals surface area contributed by atoms with Crippen LogP contribution in [-0.4, -0.2) is 22.0 Å². The molecule has 0 bridgehead atoms. The van der Waals surface area contributed by atoms with E-state index in [4.69, 9.17) is 5.11 Å². The minimum Gasteiger partial charge on any atom is -0.481 e. The summed E-state index contributed by atoms with van der Waals surface area (Å²) in [5, 5.41) is 8.64. The Morgan fingerprint density at radius 2 is 1.50 bits per heavy atom. The molecule has 0 unspecified atom stereocenters. The normalized spacial score (nSPS) is 8.58. The van der Waals surface area contributed by atoms with E-state index in [2.05, 4.69) is 0 Å². The van der Waals surface area contributed by atoms with Gasteiger partial charge in [0.05, 0.1) is 5.92 Å². The average molecular weight is 180 g/mol. The summed E-state index contributed by atoms with van der Waals surface area (Å²) in [5.74, 6) is -0.737. The Hall–Kier alpha value is -0.610. The van der Waals surface area contributed by atoms with Crippen molar-refractivity contribution in [2.24, 2.45) is 5.92 Å². The Morgan fingerprint density at radius 3 is 1.67 bits per heavy atom. The average Bonchev–Trinajstić information content (AvgIpc) is 1.87. The van der Waals surface area contributed by atoms with Crippen LogP contribution in [0.15, 0.2) is 0 Å². The summed E-state index contributed by atoms with van der Waals surface area (Å²) >= 11 is 0. The quantitative estimate of drug-likeness (QED) is 0.671. The number of carbonyl (C=O) groups is 1. The molecule has 0 aliphatic heterocycles. The van der Waals surface area contributed by atoms with Crippen molar-refractivity contribution >= 4 is 5.97 Å². The number of hydrogen-bond acceptors (Lipinski definition) is 1. The maximum atomic E-state index is 10.5. The number of carboxylic acids is 1. The van der Waals surface area contributed by atoms with Gasteiger partial charge in [0.15, 0.2) is 0 Å². The largest absolute Gasteiger partial charge is 0.481 e. The first-order chi connectivity index (χ1) is 4.72. The van der Waals surface area contributed by atoms with Gasteiger partial charge in [-0.3, -0.25) is 4.79 Å². The van der Waals surface area contributed by atoms with Crippen LogP contribution in [0.25, 0.3) is 0 Å². The number of aliphatic carboxylic acids is 1. The van der Waals surface area contributed by atoms with Crippen LogP contribution in [0.3, 0.4) is 0 Å². The van der Waals surface area contributed by atoms with Gasteiger partial charge in [-0.05, 0) is 12.8 Å². The van der Waals surface area contributed by atoms with Crippen molar-refractivity contribution < 1.29 is 20.9 Å². The van der Waals surface area contributed by atoms with Crippen molar-refractivity contribution in [2.45, 2.75) is 39.5 Å². The molecule has 0 aromatic heterocycles. The van der Waals surface area contributed by atoms with E-state index in [1.165, 1.54) is 0 Å². The van der Waals surface area contributed by atoms with Gasteiger partial charge in [-0.1, -0.05) is 26.7 Å². The third kappa shape index (κ3) is 7.50. The van der Waals surface area contributed by atoms with Crippen LogP contribution in [0.4, 0.5) is 0 Å². The lowest BCUT2D eigenvalue weighted by Gasteiger charge is -2.07. The molecular weight excluding hydrogens is 160 g/mol. The summed E-state index contributed by atoms with van der Waals surface area (Å²) < 4.78 is 0. The Morgan fingerprint density at radius 1 is 1.17 bits per heavy atom. The molecule has 76 valence electrons. The molecule has 0 aliphatic carbocycles. The van der Waals surface area contributed by atoms with E-state index in [0.717, 1.165) is 25.7 Å². The molecule has 0 saturated carbocycles.